The Morgan fingerprint density at radius 2 is 1.95 bits per heavy atom. The monoisotopic (exact) mass is 558 g/mol. The number of likely N-dealkylation sites (tertiary alicyclic amines) is 1. The van der Waals surface area contributed by atoms with Crippen molar-refractivity contribution >= 4 is 41.0 Å². The molecule has 4 rings (SSSR count). The first-order valence-electron chi connectivity index (χ1n) is 12.8. The normalized spacial score (nSPS) is 20.5. The number of carbonyl (C=O) groups excluding carboxylic acids is 3. The number of hydrogen-bond donors (Lipinski definition) is 1. The van der Waals surface area contributed by atoms with Crippen molar-refractivity contribution in [3.05, 3.63) is 75.4 Å². The van der Waals surface area contributed by atoms with Gasteiger partial charge in [-0.1, -0.05) is 53.5 Å². The maximum atomic E-state index is 13.8. The van der Waals surface area contributed by atoms with Gasteiger partial charge in [-0.05, 0) is 61.9 Å². The fraction of sp³-hybridized carbons (Fsp3) is 0.414. The summed E-state index contributed by atoms with van der Waals surface area (Å²) >= 11 is 12.5. The highest BCUT2D eigenvalue weighted by Crippen LogP contribution is 2.51. The summed E-state index contributed by atoms with van der Waals surface area (Å²) in [4.78, 5) is 41.6. The smallest absolute Gasteiger partial charge is 0.318 e. The third-order valence-electron chi connectivity index (χ3n) is 7.25. The number of halogens is 2. The first kappa shape index (κ1) is 28.0. The third kappa shape index (κ3) is 5.84. The molecular weight excluding hydrogens is 527 g/mol. The van der Waals surface area contributed by atoms with E-state index in [1.165, 1.54) is 0 Å². The van der Waals surface area contributed by atoms with E-state index in [2.05, 4.69) is 5.32 Å². The van der Waals surface area contributed by atoms with Crippen LogP contribution >= 0.6 is 23.2 Å². The summed E-state index contributed by atoms with van der Waals surface area (Å²) in [5.41, 5.74) is 1.36. The highest BCUT2D eigenvalue weighted by atomic mass is 35.5. The van der Waals surface area contributed by atoms with Crippen LogP contribution in [-0.2, 0) is 32.1 Å². The number of benzene rings is 2. The van der Waals surface area contributed by atoms with E-state index in [4.69, 9.17) is 32.7 Å². The molecule has 7 nitrogen and oxygen atoms in total. The number of hydrogen-bond acceptors (Lipinski definition) is 5. The molecule has 1 saturated heterocycles. The zero-order chi connectivity index (χ0) is 27.3. The summed E-state index contributed by atoms with van der Waals surface area (Å²) in [7, 11) is 1.61. The van der Waals surface area contributed by atoms with E-state index in [1.807, 2.05) is 30.3 Å². The van der Waals surface area contributed by atoms with Crippen molar-refractivity contribution in [3.8, 4) is 5.75 Å². The number of para-hydroxylation sites is 1. The lowest BCUT2D eigenvalue weighted by Gasteiger charge is -2.44. The SMILES string of the molecule is CCOC(=O)[C@]12CCC=C1N(Cc1ccc(Cl)cc1Cl)C(=O)[C@H](CC(=O)NCCc1ccccc1OC)C2. The molecule has 1 aliphatic heterocycles. The molecule has 2 aromatic carbocycles. The Morgan fingerprint density at radius 3 is 2.68 bits per heavy atom. The van der Waals surface area contributed by atoms with E-state index in [1.54, 1.807) is 37.1 Å². The number of piperidine rings is 1. The lowest BCUT2D eigenvalue weighted by molar-refractivity contribution is -0.161. The van der Waals surface area contributed by atoms with Crippen LogP contribution in [0.5, 0.6) is 5.75 Å². The molecule has 1 aliphatic carbocycles. The molecule has 0 bridgehead atoms. The van der Waals surface area contributed by atoms with Gasteiger partial charge in [-0.15, -0.1) is 0 Å². The maximum Gasteiger partial charge on any atom is 0.318 e. The second-order valence-electron chi connectivity index (χ2n) is 9.61. The van der Waals surface area contributed by atoms with Gasteiger partial charge in [0.2, 0.25) is 11.8 Å². The fourth-order valence-electron chi connectivity index (χ4n) is 5.45. The van der Waals surface area contributed by atoms with Gasteiger partial charge in [-0.25, -0.2) is 0 Å². The lowest BCUT2D eigenvalue weighted by atomic mass is 9.71. The predicted molar refractivity (Wildman–Crippen MR) is 146 cm³/mol. The Bertz CT molecular complexity index is 1250. The summed E-state index contributed by atoms with van der Waals surface area (Å²) in [6, 6.07) is 12.8. The second kappa shape index (κ2) is 12.2. The first-order valence-corrected chi connectivity index (χ1v) is 13.6. The van der Waals surface area contributed by atoms with Gasteiger partial charge in [0.25, 0.3) is 0 Å². The molecule has 38 heavy (non-hydrogen) atoms. The van der Waals surface area contributed by atoms with E-state index in [9.17, 15) is 14.4 Å². The average Bonchev–Trinajstić information content (AvgIpc) is 3.33. The molecule has 1 fully saturated rings. The van der Waals surface area contributed by atoms with Crippen LogP contribution in [0.1, 0.15) is 43.7 Å². The van der Waals surface area contributed by atoms with E-state index < -0.39 is 11.3 Å². The molecular formula is C29H32Cl2N2O5. The van der Waals surface area contributed by atoms with E-state index in [0.29, 0.717) is 47.1 Å². The minimum atomic E-state index is -0.967. The first-order chi connectivity index (χ1) is 18.3. The van der Waals surface area contributed by atoms with E-state index in [0.717, 1.165) is 11.3 Å². The highest BCUT2D eigenvalue weighted by molar-refractivity contribution is 6.35. The standard InChI is InChI=1S/C29H32Cl2N2O5/c1-3-38-28(36)29-13-6-9-25(29)33(18-20-10-11-22(30)16-23(20)31)27(35)21(17-29)15-26(34)32-14-12-19-7-4-5-8-24(19)37-2/h4-5,7-11,16,21H,3,6,12-15,17-18H2,1-2H3,(H,32,34)/t21-,29+/m1/s1. The summed E-state index contributed by atoms with van der Waals surface area (Å²) < 4.78 is 10.9. The molecule has 0 radical (unpaired) electrons. The van der Waals surface area contributed by atoms with Gasteiger partial charge in [0.1, 0.15) is 11.2 Å². The van der Waals surface area contributed by atoms with E-state index >= 15 is 0 Å². The Morgan fingerprint density at radius 1 is 1.16 bits per heavy atom. The van der Waals surface area contributed by atoms with Crippen LogP contribution in [0.25, 0.3) is 0 Å². The average molecular weight is 559 g/mol. The molecule has 202 valence electrons. The number of fused-ring (bicyclic) bond motifs is 1. The molecule has 0 unspecified atom stereocenters. The van der Waals surface area contributed by atoms with Crippen LogP contribution in [0.15, 0.2) is 54.2 Å². The molecule has 0 saturated carbocycles. The third-order valence-corrected chi connectivity index (χ3v) is 7.84. The number of rotatable bonds is 10. The number of ether oxygens (including phenoxy) is 2. The predicted octanol–water partition coefficient (Wildman–Crippen LogP) is 5.33. The zero-order valence-electron chi connectivity index (χ0n) is 21.6. The molecule has 9 heteroatoms. The van der Waals surface area contributed by atoms with Crippen LogP contribution < -0.4 is 10.1 Å². The van der Waals surface area contributed by atoms with Crippen molar-refractivity contribution in [1.29, 1.82) is 0 Å². The van der Waals surface area contributed by atoms with E-state index in [-0.39, 0.29) is 43.8 Å². The summed E-state index contributed by atoms with van der Waals surface area (Å²) in [5.74, 6) is -0.717. The Hall–Kier alpha value is -3.03. The van der Waals surface area contributed by atoms with Crippen molar-refractivity contribution in [2.24, 2.45) is 11.3 Å². The number of methoxy groups -OCH3 is 1. The van der Waals surface area contributed by atoms with Crippen LogP contribution in [0, 0.1) is 11.3 Å². The topological polar surface area (TPSA) is 84.9 Å². The van der Waals surface area contributed by atoms with Crippen LogP contribution in [-0.4, -0.2) is 42.9 Å². The quantitative estimate of drug-likeness (QED) is 0.398. The van der Waals surface area contributed by atoms with Crippen LogP contribution in [0.3, 0.4) is 0 Å². The largest absolute Gasteiger partial charge is 0.496 e. The Labute approximate surface area is 233 Å². The zero-order valence-corrected chi connectivity index (χ0v) is 23.1. The number of carbonyl (C=O) groups is 3. The number of nitrogens with one attached hydrogen (secondary N) is 1. The van der Waals surface area contributed by atoms with Gasteiger partial charge < -0.3 is 19.7 Å². The summed E-state index contributed by atoms with van der Waals surface area (Å²) in [5, 5.41) is 3.85. The minimum absolute atomic E-state index is 0.0238. The maximum absolute atomic E-state index is 13.8. The second-order valence-corrected chi connectivity index (χ2v) is 10.5. The van der Waals surface area contributed by atoms with Crippen molar-refractivity contribution in [2.45, 2.75) is 45.6 Å². The fourth-order valence-corrected chi connectivity index (χ4v) is 5.91. The van der Waals surface area contributed by atoms with Crippen LogP contribution in [0.2, 0.25) is 10.0 Å². The van der Waals surface area contributed by atoms with Crippen molar-refractivity contribution in [1.82, 2.24) is 10.2 Å². The highest BCUT2D eigenvalue weighted by Gasteiger charge is 2.55. The van der Waals surface area contributed by atoms with Crippen molar-refractivity contribution in [2.75, 3.05) is 20.3 Å². The van der Waals surface area contributed by atoms with Crippen LogP contribution in [0.4, 0.5) is 0 Å². The number of allylic oxidation sites excluding steroid dienone is 1. The molecule has 0 aromatic heterocycles. The molecule has 0 spiro atoms. The Balaban J connectivity index is 1.52. The molecule has 2 atom stereocenters. The number of nitrogens with zero attached hydrogens (tertiary/aromatic N) is 1. The van der Waals surface area contributed by atoms with Gasteiger partial charge in [-0.3, -0.25) is 14.4 Å². The van der Waals surface area contributed by atoms with Crippen molar-refractivity contribution in [3.63, 3.8) is 0 Å². The number of esters is 1. The van der Waals surface area contributed by atoms with Crippen molar-refractivity contribution < 1.29 is 23.9 Å². The van der Waals surface area contributed by atoms with Gasteiger partial charge in [0, 0.05) is 34.6 Å². The molecule has 1 heterocycles. The molecule has 2 aromatic rings. The summed E-state index contributed by atoms with van der Waals surface area (Å²) in [6.45, 7) is 2.57. The molecule has 2 aliphatic rings. The van der Waals surface area contributed by atoms with Gasteiger partial charge in [-0.2, -0.15) is 0 Å². The van der Waals surface area contributed by atoms with Gasteiger partial charge in [0.15, 0.2) is 0 Å². The Kier molecular flexibility index (Phi) is 9.00. The molecule has 1 N–H and O–H groups in total. The molecule has 2 amide bonds. The van der Waals surface area contributed by atoms with Gasteiger partial charge in [0.05, 0.1) is 20.3 Å². The lowest BCUT2D eigenvalue weighted by Crippen LogP contribution is -2.52. The number of amides is 2. The summed E-state index contributed by atoms with van der Waals surface area (Å²) in [6.07, 6.45) is 3.91. The van der Waals surface area contributed by atoms with Gasteiger partial charge >= 0.3 is 5.97 Å². The minimum Gasteiger partial charge on any atom is -0.496 e.